The zero-order valence-electron chi connectivity index (χ0n) is 28.4. The van der Waals surface area contributed by atoms with Crippen molar-refractivity contribution in [2.45, 2.75) is 147 Å². The molecule has 240 valence electrons. The minimum absolute atomic E-state index is 0. The van der Waals surface area contributed by atoms with Crippen molar-refractivity contribution in [2.75, 3.05) is 0 Å². The van der Waals surface area contributed by atoms with E-state index < -0.39 is 0 Å². The summed E-state index contributed by atoms with van der Waals surface area (Å²) in [4.78, 5) is 0. The summed E-state index contributed by atoms with van der Waals surface area (Å²) in [6, 6.07) is 16.2. The Labute approximate surface area is 297 Å². The zero-order chi connectivity index (χ0) is 30.2. The van der Waals surface area contributed by atoms with Crippen molar-refractivity contribution in [3.63, 3.8) is 0 Å². The van der Waals surface area contributed by atoms with E-state index in [0.29, 0.717) is 0 Å². The molecule has 3 aromatic rings. The number of benzene rings is 2. The van der Waals surface area contributed by atoms with Crippen LogP contribution in [-0.4, -0.2) is 5.43 Å². The van der Waals surface area contributed by atoms with E-state index in [1.54, 1.807) is 51.4 Å². The average molecular weight is 727 g/mol. The summed E-state index contributed by atoms with van der Waals surface area (Å²) in [6.45, 7) is 13.6. The van der Waals surface area contributed by atoms with Gasteiger partial charge in [-0.05, 0) is 10.8 Å². The van der Waals surface area contributed by atoms with Gasteiger partial charge in [-0.2, -0.15) is 6.08 Å². The first-order valence-corrected chi connectivity index (χ1v) is 22.3. The molecule has 0 heterocycles. The van der Waals surface area contributed by atoms with Gasteiger partial charge >= 0.3 is 117 Å². The SMILES string of the molecule is CC(C)(C)c1ccc2c(c1)[cH-]c1cc(C(C)(C)C)ccc12.[C-]1=CC=CC1.[Cl-].[Cl-].[Zr+2]=[Si](C1CCCCCC1)C1CCCCCC1. The van der Waals surface area contributed by atoms with Crippen molar-refractivity contribution in [3.8, 4) is 0 Å². The summed E-state index contributed by atoms with van der Waals surface area (Å²) in [7, 11) is 0. The monoisotopic (exact) mass is 724 g/mol. The maximum atomic E-state index is 2.99. The van der Waals surface area contributed by atoms with Gasteiger partial charge in [0.2, 0.25) is 0 Å². The van der Waals surface area contributed by atoms with Crippen molar-refractivity contribution < 1.29 is 48.1 Å². The second-order valence-electron chi connectivity index (χ2n) is 15.1. The molecule has 0 N–H and O–H groups in total. The van der Waals surface area contributed by atoms with E-state index in [-0.39, 0.29) is 41.1 Å². The van der Waals surface area contributed by atoms with Crippen molar-refractivity contribution in [3.05, 3.63) is 77.9 Å². The molecule has 4 heteroatoms. The molecule has 0 radical (unpaired) electrons. The van der Waals surface area contributed by atoms with Crippen LogP contribution in [0.1, 0.15) is 136 Å². The molecule has 0 aliphatic heterocycles. The second kappa shape index (κ2) is 18.7. The Morgan fingerprint density at radius 2 is 1.07 bits per heavy atom. The Morgan fingerprint density at radius 3 is 1.36 bits per heavy atom. The molecule has 0 saturated heterocycles. The number of allylic oxidation sites excluding steroid dienone is 4. The average Bonchev–Trinajstić information content (AvgIpc) is 3.47. The van der Waals surface area contributed by atoms with Crippen molar-refractivity contribution in [2.24, 2.45) is 0 Å². The van der Waals surface area contributed by atoms with Gasteiger partial charge in [0.05, 0.1) is 0 Å². The van der Waals surface area contributed by atoms with Crippen molar-refractivity contribution >= 4 is 27.0 Å². The van der Waals surface area contributed by atoms with Gasteiger partial charge in [-0.25, -0.2) is 12.2 Å². The topological polar surface area (TPSA) is 0 Å². The molecule has 0 nitrogen and oxygen atoms in total. The quantitative estimate of drug-likeness (QED) is 0.159. The molecule has 3 aliphatic carbocycles. The van der Waals surface area contributed by atoms with Crippen LogP contribution in [0.4, 0.5) is 0 Å². The third-order valence-corrected chi connectivity index (χ3v) is 18.5. The molecule has 3 aromatic carbocycles. The number of halogens is 2. The number of hydrogen-bond acceptors (Lipinski definition) is 0. The van der Waals surface area contributed by atoms with Crippen LogP contribution in [-0.2, 0) is 34.2 Å². The van der Waals surface area contributed by atoms with Gasteiger partial charge in [-0.15, -0.1) is 46.2 Å². The maximum absolute atomic E-state index is 2.99. The van der Waals surface area contributed by atoms with Crippen LogP contribution in [0.25, 0.3) is 21.5 Å². The van der Waals surface area contributed by atoms with Crippen LogP contribution in [0, 0.1) is 6.08 Å². The van der Waals surface area contributed by atoms with Gasteiger partial charge in [-0.1, -0.05) is 76.9 Å². The van der Waals surface area contributed by atoms with Crippen molar-refractivity contribution in [1.29, 1.82) is 0 Å². The van der Waals surface area contributed by atoms with Crippen LogP contribution in [0.3, 0.4) is 0 Å². The van der Waals surface area contributed by atoms with Gasteiger partial charge < -0.3 is 24.8 Å². The van der Waals surface area contributed by atoms with Crippen LogP contribution >= 0.6 is 0 Å². The van der Waals surface area contributed by atoms with Gasteiger partial charge in [0.1, 0.15) is 0 Å². The van der Waals surface area contributed by atoms with E-state index >= 15 is 0 Å². The van der Waals surface area contributed by atoms with Gasteiger partial charge in [-0.3, -0.25) is 6.08 Å². The van der Waals surface area contributed by atoms with E-state index in [0.717, 1.165) is 6.42 Å². The molecule has 0 atom stereocenters. The zero-order valence-corrected chi connectivity index (χ0v) is 33.3. The molecule has 0 unspecified atom stereocenters. The third kappa shape index (κ3) is 11.6. The Bertz CT molecular complexity index is 1250. The molecule has 2 saturated carbocycles. The summed E-state index contributed by atoms with van der Waals surface area (Å²) in [6.07, 6.45) is 28.8. The number of rotatable bonds is 2. The van der Waals surface area contributed by atoms with Gasteiger partial charge in [0, 0.05) is 0 Å². The molecule has 3 aliphatic rings. The molecule has 44 heavy (non-hydrogen) atoms. The van der Waals surface area contributed by atoms with Gasteiger partial charge in [0.25, 0.3) is 0 Å². The fourth-order valence-electron chi connectivity index (χ4n) is 6.81. The molecule has 0 bridgehead atoms. The first-order chi connectivity index (χ1) is 20.0. The third-order valence-electron chi connectivity index (χ3n) is 9.61. The molecular formula is C40H56Cl2SiZr-2. The molecule has 0 spiro atoms. The number of fused-ring (bicyclic) bond motifs is 3. The molecule has 6 rings (SSSR count). The fourth-order valence-corrected chi connectivity index (χ4v) is 13.8. The Hall–Kier alpha value is -0.530. The molecule has 0 aromatic heterocycles. The predicted octanol–water partition coefficient (Wildman–Crippen LogP) is 6.59. The van der Waals surface area contributed by atoms with E-state index in [4.69, 9.17) is 0 Å². The van der Waals surface area contributed by atoms with E-state index in [1.807, 2.05) is 35.5 Å². The standard InChI is InChI=1S/C21H25.C14H26Si.C5H5.2ClH.Zr/c1-20(2,3)16-7-9-18-14(12-16)11-15-13-17(21(4,5)6)8-10-19(15)18;1-2-6-10-13(9-5-1)15-14-11-7-3-4-8-12-14;1-2-4-5-3-1;;;/h7-13H,1-6H3;13-14H,1-12H2;1-3H,4H2;2*1H;/q-1;;-1;;;+2/p-2. The first kappa shape index (κ1) is 39.6. The van der Waals surface area contributed by atoms with Crippen LogP contribution in [0.15, 0.2) is 60.7 Å². The fraction of sp³-hybridized carbons (Fsp3) is 0.575. The Balaban J connectivity index is 0.000000260. The van der Waals surface area contributed by atoms with Crippen LogP contribution in [0.5, 0.6) is 0 Å². The normalized spacial score (nSPS) is 17.8. The van der Waals surface area contributed by atoms with Crippen LogP contribution in [0.2, 0.25) is 11.1 Å². The molecular weight excluding hydrogens is 671 g/mol. The summed E-state index contributed by atoms with van der Waals surface area (Å²) in [5, 5.41) is 5.48. The molecule has 0 amide bonds. The molecule has 2 fully saturated rings. The minimum atomic E-state index is 0. The van der Waals surface area contributed by atoms with Crippen LogP contribution < -0.4 is 24.8 Å². The summed E-state index contributed by atoms with van der Waals surface area (Å²) < 4.78 is 0. The summed E-state index contributed by atoms with van der Waals surface area (Å²) in [5.41, 5.74) is 5.70. The summed E-state index contributed by atoms with van der Waals surface area (Å²) in [5.74, 6) is 0. The first-order valence-electron chi connectivity index (χ1n) is 17.0. The van der Waals surface area contributed by atoms with Crippen molar-refractivity contribution in [1.82, 2.24) is 0 Å². The van der Waals surface area contributed by atoms with Gasteiger partial charge in [0.15, 0.2) is 0 Å². The Morgan fingerprint density at radius 1 is 0.659 bits per heavy atom. The van der Waals surface area contributed by atoms with E-state index in [1.165, 1.54) is 69.4 Å². The van der Waals surface area contributed by atoms with E-state index in [9.17, 15) is 0 Å². The van der Waals surface area contributed by atoms with E-state index in [2.05, 4.69) is 96.2 Å². The Kier molecular flexibility index (Phi) is 16.9. The second-order valence-corrected chi connectivity index (χ2v) is 21.9. The predicted molar refractivity (Wildman–Crippen MR) is 185 cm³/mol. The summed E-state index contributed by atoms with van der Waals surface area (Å²) >= 11 is 1.96. The number of hydrogen-bond donors (Lipinski definition) is 0.